The number of aryl methyl sites for hydroxylation is 1. The lowest BCUT2D eigenvalue weighted by Gasteiger charge is -2.16. The van der Waals surface area contributed by atoms with Gasteiger partial charge in [-0.15, -0.1) is 0 Å². The first-order valence-electron chi connectivity index (χ1n) is 6.33. The van der Waals surface area contributed by atoms with E-state index in [9.17, 15) is 4.79 Å². The van der Waals surface area contributed by atoms with E-state index in [1.807, 2.05) is 19.0 Å². The maximum absolute atomic E-state index is 12.0. The monoisotopic (exact) mass is 236 g/mol. The molecule has 1 aromatic rings. The van der Waals surface area contributed by atoms with Crippen molar-refractivity contribution in [3.05, 3.63) is 23.0 Å². The third-order valence-electron chi connectivity index (χ3n) is 3.49. The van der Waals surface area contributed by atoms with E-state index >= 15 is 0 Å². The fraction of sp³-hybridized carbons (Fsp3) is 0.643. The summed E-state index contributed by atoms with van der Waals surface area (Å²) < 4.78 is 2.13. The summed E-state index contributed by atoms with van der Waals surface area (Å²) in [5.74, 6) is 0.215. The molecule has 3 nitrogen and oxygen atoms in total. The molecule has 1 aromatic heterocycles. The van der Waals surface area contributed by atoms with Gasteiger partial charge >= 0.3 is 0 Å². The highest BCUT2D eigenvalue weighted by Gasteiger charge is 2.13. The van der Waals surface area contributed by atoms with E-state index in [0.717, 1.165) is 24.9 Å². The van der Waals surface area contributed by atoms with E-state index in [4.69, 9.17) is 0 Å². The molecule has 0 radical (unpaired) electrons. The molecule has 0 saturated carbocycles. The number of rotatable bonds is 5. The van der Waals surface area contributed by atoms with Crippen LogP contribution in [0.25, 0.3) is 0 Å². The number of hydrogen-bond donors (Lipinski definition) is 0. The summed E-state index contributed by atoms with van der Waals surface area (Å²) in [4.78, 5) is 13.8. The van der Waals surface area contributed by atoms with Crippen molar-refractivity contribution in [1.82, 2.24) is 9.47 Å². The quantitative estimate of drug-likeness (QED) is 0.771. The van der Waals surface area contributed by atoms with Crippen molar-refractivity contribution < 1.29 is 4.79 Å². The number of carbonyl (C=O) groups excluding carboxylic acids is 1. The minimum atomic E-state index is 0.215. The Hall–Kier alpha value is -1.25. The average Bonchev–Trinajstić information content (AvgIpc) is 2.54. The summed E-state index contributed by atoms with van der Waals surface area (Å²) in [5.41, 5.74) is 3.56. The molecule has 0 bridgehead atoms. The number of aromatic nitrogens is 1. The largest absolute Gasteiger partial charge is 0.352 e. The van der Waals surface area contributed by atoms with Crippen molar-refractivity contribution >= 4 is 5.91 Å². The smallest absolute Gasteiger partial charge is 0.226 e. The Morgan fingerprint density at radius 1 is 1.41 bits per heavy atom. The molecule has 0 saturated heterocycles. The van der Waals surface area contributed by atoms with Crippen molar-refractivity contribution in [2.75, 3.05) is 13.6 Å². The molecule has 0 aromatic carbocycles. The maximum atomic E-state index is 12.0. The van der Waals surface area contributed by atoms with Gasteiger partial charge < -0.3 is 9.47 Å². The number of likely N-dealkylation sites (N-methyl/N-ethyl adjacent to an activating group) is 1. The van der Waals surface area contributed by atoms with Gasteiger partial charge in [0.25, 0.3) is 0 Å². The second-order valence-corrected chi connectivity index (χ2v) is 4.80. The van der Waals surface area contributed by atoms with Gasteiger partial charge in [0, 0.05) is 32.0 Å². The van der Waals surface area contributed by atoms with Crippen molar-refractivity contribution in [2.24, 2.45) is 7.05 Å². The van der Waals surface area contributed by atoms with Gasteiger partial charge in [-0.25, -0.2) is 0 Å². The molecule has 1 amide bonds. The Labute approximate surface area is 104 Å². The van der Waals surface area contributed by atoms with Gasteiger partial charge in [-0.2, -0.15) is 0 Å². The van der Waals surface area contributed by atoms with Crippen LogP contribution in [-0.4, -0.2) is 29.0 Å². The van der Waals surface area contributed by atoms with E-state index in [1.54, 1.807) is 0 Å². The van der Waals surface area contributed by atoms with Crippen LogP contribution in [0.4, 0.5) is 0 Å². The van der Waals surface area contributed by atoms with Crippen LogP contribution in [0.2, 0.25) is 0 Å². The van der Waals surface area contributed by atoms with Crippen LogP contribution in [0.3, 0.4) is 0 Å². The molecule has 0 N–H and O–H groups in total. The fourth-order valence-electron chi connectivity index (χ4n) is 1.93. The summed E-state index contributed by atoms with van der Waals surface area (Å²) in [6, 6.07) is 2.11. The third-order valence-corrected chi connectivity index (χ3v) is 3.49. The number of unbranched alkanes of at least 4 members (excludes halogenated alkanes) is 1. The van der Waals surface area contributed by atoms with Gasteiger partial charge in [0.05, 0.1) is 6.42 Å². The number of carbonyl (C=O) groups is 1. The number of nitrogens with zero attached hydrogens (tertiary/aromatic N) is 2. The summed E-state index contributed by atoms with van der Waals surface area (Å²) in [6.45, 7) is 7.15. The lowest BCUT2D eigenvalue weighted by atomic mass is 10.1. The molecular weight excluding hydrogens is 212 g/mol. The predicted octanol–water partition coefficient (Wildman–Crippen LogP) is 2.44. The van der Waals surface area contributed by atoms with Crippen LogP contribution in [0.1, 0.15) is 36.7 Å². The first-order chi connectivity index (χ1) is 7.97. The molecule has 17 heavy (non-hydrogen) atoms. The van der Waals surface area contributed by atoms with Gasteiger partial charge in [0.1, 0.15) is 0 Å². The lowest BCUT2D eigenvalue weighted by Crippen LogP contribution is -2.29. The highest BCUT2D eigenvalue weighted by Crippen LogP contribution is 2.14. The van der Waals surface area contributed by atoms with Crippen molar-refractivity contribution in [2.45, 2.75) is 40.0 Å². The predicted molar refractivity (Wildman–Crippen MR) is 71.1 cm³/mol. The van der Waals surface area contributed by atoms with Crippen molar-refractivity contribution in [3.63, 3.8) is 0 Å². The first kappa shape index (κ1) is 13.8. The van der Waals surface area contributed by atoms with Crippen molar-refractivity contribution in [3.8, 4) is 0 Å². The van der Waals surface area contributed by atoms with Gasteiger partial charge in [0.15, 0.2) is 0 Å². The Balaban J connectivity index is 2.64. The average molecular weight is 236 g/mol. The first-order valence-corrected chi connectivity index (χ1v) is 6.33. The van der Waals surface area contributed by atoms with Crippen molar-refractivity contribution in [1.29, 1.82) is 0 Å². The molecule has 1 rings (SSSR count). The Morgan fingerprint density at radius 2 is 2.06 bits per heavy atom. The molecule has 0 aliphatic rings. The third kappa shape index (κ3) is 3.35. The Bertz CT molecular complexity index is 393. The van der Waals surface area contributed by atoms with Crippen LogP contribution in [0, 0.1) is 13.8 Å². The second-order valence-electron chi connectivity index (χ2n) is 4.80. The molecule has 0 aliphatic carbocycles. The molecule has 0 spiro atoms. The van der Waals surface area contributed by atoms with Gasteiger partial charge in [-0.1, -0.05) is 13.3 Å². The normalized spacial score (nSPS) is 10.6. The molecule has 0 fully saturated rings. The minimum absolute atomic E-state index is 0.215. The molecule has 0 atom stereocenters. The summed E-state index contributed by atoms with van der Waals surface area (Å²) in [6.07, 6.45) is 2.73. The summed E-state index contributed by atoms with van der Waals surface area (Å²) in [7, 11) is 3.93. The van der Waals surface area contributed by atoms with E-state index in [-0.39, 0.29) is 5.91 Å². The molecule has 0 aliphatic heterocycles. The van der Waals surface area contributed by atoms with Crippen LogP contribution in [-0.2, 0) is 18.3 Å². The molecular formula is C14H24N2O. The standard InChI is InChI=1S/C14H24N2O/c1-6-7-8-15(4)14(17)10-13-9-11(2)16(5)12(13)3/h9H,6-8,10H2,1-5H3. The van der Waals surface area contributed by atoms with Gasteiger partial charge in [-0.05, 0) is 31.9 Å². The minimum Gasteiger partial charge on any atom is -0.352 e. The zero-order chi connectivity index (χ0) is 13.0. The Kier molecular flexibility index (Phi) is 4.79. The van der Waals surface area contributed by atoms with Crippen LogP contribution in [0.15, 0.2) is 6.07 Å². The highest BCUT2D eigenvalue weighted by molar-refractivity contribution is 5.78. The van der Waals surface area contributed by atoms with E-state index in [0.29, 0.717) is 6.42 Å². The maximum Gasteiger partial charge on any atom is 0.226 e. The van der Waals surface area contributed by atoms with Crippen LogP contribution >= 0.6 is 0 Å². The summed E-state index contributed by atoms with van der Waals surface area (Å²) >= 11 is 0. The zero-order valence-electron chi connectivity index (χ0n) is 11.7. The SMILES string of the molecule is CCCCN(C)C(=O)Cc1cc(C)n(C)c1C. The van der Waals surface area contributed by atoms with Gasteiger partial charge in [-0.3, -0.25) is 4.79 Å². The van der Waals surface area contributed by atoms with Crippen LogP contribution < -0.4 is 0 Å². The van der Waals surface area contributed by atoms with E-state index in [1.165, 1.54) is 11.4 Å². The van der Waals surface area contributed by atoms with Crippen LogP contribution in [0.5, 0.6) is 0 Å². The Morgan fingerprint density at radius 3 is 2.53 bits per heavy atom. The van der Waals surface area contributed by atoms with E-state index in [2.05, 4.69) is 31.4 Å². The van der Waals surface area contributed by atoms with E-state index < -0.39 is 0 Å². The lowest BCUT2D eigenvalue weighted by molar-refractivity contribution is -0.129. The second kappa shape index (κ2) is 5.89. The zero-order valence-corrected chi connectivity index (χ0v) is 11.7. The topological polar surface area (TPSA) is 25.2 Å². The summed E-state index contributed by atoms with van der Waals surface area (Å²) in [5, 5.41) is 0. The number of amides is 1. The molecule has 96 valence electrons. The molecule has 0 unspecified atom stereocenters. The molecule has 3 heteroatoms. The number of hydrogen-bond acceptors (Lipinski definition) is 1. The van der Waals surface area contributed by atoms with Gasteiger partial charge in [0.2, 0.25) is 5.91 Å². The molecule has 1 heterocycles. The highest BCUT2D eigenvalue weighted by atomic mass is 16.2. The fourth-order valence-corrected chi connectivity index (χ4v) is 1.93.